The Morgan fingerprint density at radius 1 is 1.06 bits per heavy atom. The molecule has 0 bridgehead atoms. The number of hydrogen-bond donors (Lipinski definition) is 2. The minimum Gasteiger partial charge on any atom is -0.488 e. The first-order chi connectivity index (χ1) is 16.9. The van der Waals surface area contributed by atoms with Crippen molar-refractivity contribution < 1.29 is 28.2 Å². The number of fused-ring (bicyclic) bond motifs is 1. The van der Waals surface area contributed by atoms with Gasteiger partial charge in [-0.25, -0.2) is 9.82 Å². The average molecular weight is 518 g/mol. The van der Waals surface area contributed by atoms with Gasteiger partial charge in [0.05, 0.1) is 11.2 Å². The molecule has 0 spiro atoms. The molecule has 2 amide bonds. The van der Waals surface area contributed by atoms with E-state index in [1.54, 1.807) is 36.4 Å². The molecule has 1 heterocycles. The highest BCUT2D eigenvalue weighted by molar-refractivity contribution is 6.35. The van der Waals surface area contributed by atoms with Gasteiger partial charge in [0, 0.05) is 22.7 Å². The van der Waals surface area contributed by atoms with E-state index in [2.05, 4.69) is 15.8 Å². The van der Waals surface area contributed by atoms with Crippen molar-refractivity contribution in [1.29, 1.82) is 0 Å². The van der Waals surface area contributed by atoms with E-state index in [1.807, 2.05) is 0 Å². The summed E-state index contributed by atoms with van der Waals surface area (Å²) in [6, 6.07) is 14.2. The normalized spacial score (nSPS) is 12.0. The lowest BCUT2D eigenvalue weighted by atomic mass is 10.2. The zero-order valence-corrected chi connectivity index (χ0v) is 19.5. The zero-order chi connectivity index (χ0) is 24.8. The van der Waals surface area contributed by atoms with Gasteiger partial charge < -0.3 is 19.5 Å². The molecule has 3 aromatic rings. The zero-order valence-electron chi connectivity index (χ0n) is 18.0. The number of nitrogens with zero attached hydrogens (tertiary/aromatic N) is 1. The maximum absolute atomic E-state index is 14.0. The number of hydrazone groups is 1. The van der Waals surface area contributed by atoms with Crippen LogP contribution in [0.5, 0.6) is 17.2 Å². The summed E-state index contributed by atoms with van der Waals surface area (Å²) >= 11 is 12.1. The Bertz CT molecular complexity index is 1280. The van der Waals surface area contributed by atoms with Gasteiger partial charge in [-0.15, -0.1) is 0 Å². The van der Waals surface area contributed by atoms with E-state index in [1.165, 1.54) is 24.4 Å². The maximum Gasteiger partial charge on any atom is 0.329 e. The Kier molecular flexibility index (Phi) is 7.69. The number of ether oxygens (including phenoxy) is 3. The van der Waals surface area contributed by atoms with Crippen molar-refractivity contribution in [2.45, 2.75) is 13.2 Å². The highest BCUT2D eigenvalue weighted by Crippen LogP contribution is 2.32. The molecule has 0 aliphatic carbocycles. The van der Waals surface area contributed by atoms with Gasteiger partial charge in [-0.05, 0) is 48.0 Å². The minimum atomic E-state index is -0.968. The lowest BCUT2D eigenvalue weighted by molar-refractivity contribution is -0.139. The van der Waals surface area contributed by atoms with Crippen molar-refractivity contribution >= 4 is 41.2 Å². The largest absolute Gasteiger partial charge is 0.488 e. The number of hydrogen-bond acceptors (Lipinski definition) is 6. The van der Waals surface area contributed by atoms with E-state index in [4.69, 9.17) is 37.4 Å². The number of nitrogens with one attached hydrogen (secondary N) is 2. The molecule has 0 saturated carbocycles. The summed E-state index contributed by atoms with van der Waals surface area (Å²) in [6.07, 6.45) is 1.26. The van der Waals surface area contributed by atoms with E-state index in [0.29, 0.717) is 27.8 Å². The van der Waals surface area contributed by atoms with Gasteiger partial charge in [0.15, 0.2) is 11.5 Å². The van der Waals surface area contributed by atoms with E-state index in [0.717, 1.165) is 5.56 Å². The third-order valence-electron chi connectivity index (χ3n) is 4.87. The van der Waals surface area contributed by atoms with Gasteiger partial charge in [0.2, 0.25) is 6.79 Å². The maximum atomic E-state index is 14.0. The van der Waals surface area contributed by atoms with Crippen molar-refractivity contribution in [2.24, 2.45) is 5.10 Å². The topological polar surface area (TPSA) is 98.2 Å². The molecule has 0 saturated heterocycles. The Morgan fingerprint density at radius 2 is 1.89 bits per heavy atom. The number of amides is 2. The molecule has 8 nitrogen and oxygen atoms in total. The highest BCUT2D eigenvalue weighted by atomic mass is 35.5. The molecule has 4 rings (SSSR count). The van der Waals surface area contributed by atoms with Gasteiger partial charge in [-0.1, -0.05) is 35.3 Å². The van der Waals surface area contributed by atoms with Crippen molar-refractivity contribution in [1.82, 2.24) is 10.7 Å². The molecule has 0 fully saturated rings. The van der Waals surface area contributed by atoms with Crippen LogP contribution < -0.4 is 25.0 Å². The highest BCUT2D eigenvalue weighted by Gasteiger charge is 2.16. The van der Waals surface area contributed by atoms with Gasteiger partial charge in [0.1, 0.15) is 18.2 Å². The SMILES string of the molecule is O=C(NCc1ccc2c(c1)OCO2)C(=O)N/N=C\c1cc(Cl)ccc1OCc1c(F)cccc1Cl. The van der Waals surface area contributed by atoms with Crippen LogP contribution in [0.2, 0.25) is 10.0 Å². The van der Waals surface area contributed by atoms with Crippen LogP contribution in [-0.2, 0) is 22.7 Å². The standard InChI is InChI=1S/C24H18Cl2FN3O5/c25-16-5-7-20(33-12-17-18(26)2-1-3-19(17)27)15(9-16)11-29-30-24(32)23(31)28-10-14-4-6-21-22(8-14)35-13-34-21/h1-9,11H,10,12-13H2,(H,28,31)(H,30,32)/b29-11-. The molecule has 1 aliphatic rings. The van der Waals surface area contributed by atoms with E-state index in [9.17, 15) is 14.0 Å². The Morgan fingerprint density at radius 3 is 2.71 bits per heavy atom. The van der Waals surface area contributed by atoms with Crippen LogP contribution in [-0.4, -0.2) is 24.8 Å². The molecule has 180 valence electrons. The van der Waals surface area contributed by atoms with E-state index < -0.39 is 17.6 Å². The summed E-state index contributed by atoms with van der Waals surface area (Å²) in [4.78, 5) is 24.2. The van der Waals surface area contributed by atoms with Crippen LogP contribution in [0.25, 0.3) is 0 Å². The van der Waals surface area contributed by atoms with Crippen LogP contribution in [0, 0.1) is 5.82 Å². The van der Waals surface area contributed by atoms with E-state index in [-0.39, 0.29) is 30.5 Å². The fraction of sp³-hybridized carbons (Fsp3) is 0.125. The summed E-state index contributed by atoms with van der Waals surface area (Å²) in [5, 5.41) is 6.90. The molecule has 11 heteroatoms. The quantitative estimate of drug-likeness (QED) is 0.278. The summed E-state index contributed by atoms with van der Waals surface area (Å²) in [5.41, 5.74) is 3.46. The first kappa shape index (κ1) is 24.3. The molecule has 0 aromatic heterocycles. The van der Waals surface area contributed by atoms with Gasteiger partial charge in [-0.2, -0.15) is 5.10 Å². The monoisotopic (exact) mass is 517 g/mol. The van der Waals surface area contributed by atoms with Gasteiger partial charge >= 0.3 is 11.8 Å². The third kappa shape index (κ3) is 6.20. The molecule has 0 atom stereocenters. The Labute approximate surface area is 209 Å². The van der Waals surface area contributed by atoms with Crippen molar-refractivity contribution in [3.8, 4) is 17.2 Å². The van der Waals surface area contributed by atoms with Crippen molar-refractivity contribution in [3.05, 3.63) is 87.2 Å². The summed E-state index contributed by atoms with van der Waals surface area (Å²) < 4.78 is 30.2. The van der Waals surface area contributed by atoms with E-state index >= 15 is 0 Å². The van der Waals surface area contributed by atoms with Gasteiger partial charge in [-0.3, -0.25) is 9.59 Å². The van der Waals surface area contributed by atoms with Crippen molar-refractivity contribution in [2.75, 3.05) is 6.79 Å². The predicted octanol–water partition coefficient (Wildman–Crippen LogP) is 4.21. The minimum absolute atomic E-state index is 0.109. The second kappa shape index (κ2) is 11.1. The first-order valence-corrected chi connectivity index (χ1v) is 11.0. The third-order valence-corrected chi connectivity index (χ3v) is 5.46. The van der Waals surface area contributed by atoms with Crippen LogP contribution in [0.3, 0.4) is 0 Å². The van der Waals surface area contributed by atoms with Crippen LogP contribution in [0.15, 0.2) is 59.7 Å². The van der Waals surface area contributed by atoms with Crippen LogP contribution in [0.1, 0.15) is 16.7 Å². The fourth-order valence-corrected chi connectivity index (χ4v) is 3.49. The first-order valence-electron chi connectivity index (χ1n) is 10.3. The average Bonchev–Trinajstić information content (AvgIpc) is 3.31. The molecule has 0 unspecified atom stereocenters. The second-order valence-corrected chi connectivity index (χ2v) is 8.08. The van der Waals surface area contributed by atoms with Crippen LogP contribution >= 0.6 is 23.2 Å². The van der Waals surface area contributed by atoms with Crippen molar-refractivity contribution in [3.63, 3.8) is 0 Å². The molecule has 3 aromatic carbocycles. The number of halogens is 3. The fourth-order valence-electron chi connectivity index (χ4n) is 3.10. The molecule has 0 radical (unpaired) electrons. The van der Waals surface area contributed by atoms with Crippen LogP contribution in [0.4, 0.5) is 4.39 Å². The molecule has 35 heavy (non-hydrogen) atoms. The summed E-state index contributed by atoms with van der Waals surface area (Å²) in [6.45, 7) is 0.113. The Hall–Kier alpha value is -3.82. The summed E-state index contributed by atoms with van der Waals surface area (Å²) in [7, 11) is 0. The number of carbonyl (C=O) groups is 2. The number of carbonyl (C=O) groups excluding carboxylic acids is 2. The molecule has 2 N–H and O–H groups in total. The Balaban J connectivity index is 1.33. The molecule has 1 aliphatic heterocycles. The lowest BCUT2D eigenvalue weighted by Crippen LogP contribution is -2.37. The van der Waals surface area contributed by atoms with Gasteiger partial charge in [0.25, 0.3) is 0 Å². The smallest absolute Gasteiger partial charge is 0.329 e. The predicted molar refractivity (Wildman–Crippen MR) is 127 cm³/mol. The molecular formula is C24H18Cl2FN3O5. The lowest BCUT2D eigenvalue weighted by Gasteiger charge is -2.11. The number of benzene rings is 3. The summed E-state index contributed by atoms with van der Waals surface area (Å²) in [5.74, 6) is -0.836. The number of rotatable bonds is 7. The second-order valence-electron chi connectivity index (χ2n) is 7.24. The molecular weight excluding hydrogens is 500 g/mol.